The zero-order valence-electron chi connectivity index (χ0n) is 16.1. The standard InChI is InChI=1S/C22H20ClN3O4/c23-18-8-4-1-5-14(18)11-12-24-19-10-9-15(13-20(19)26(29)30)25-21(27)16-6-2-3-7-17(16)22(25)28/h1-5,8-10,13,16-17,24H,6-7,11-12H2/t16-,17+. The Hall–Kier alpha value is -3.19. The fourth-order valence-electron chi connectivity index (χ4n) is 4.05. The molecule has 154 valence electrons. The fraction of sp³-hybridized carbons (Fsp3) is 0.273. The Morgan fingerprint density at radius 2 is 1.73 bits per heavy atom. The van der Waals surface area contributed by atoms with E-state index in [4.69, 9.17) is 11.6 Å². The van der Waals surface area contributed by atoms with Crippen molar-refractivity contribution in [1.29, 1.82) is 0 Å². The van der Waals surface area contributed by atoms with Gasteiger partial charge in [-0.15, -0.1) is 0 Å². The second-order valence-electron chi connectivity index (χ2n) is 7.39. The van der Waals surface area contributed by atoms with Gasteiger partial charge in [0.25, 0.3) is 5.69 Å². The maximum absolute atomic E-state index is 12.8. The molecule has 7 nitrogen and oxygen atoms in total. The topological polar surface area (TPSA) is 92.6 Å². The van der Waals surface area contributed by atoms with Gasteiger partial charge in [-0.3, -0.25) is 19.7 Å². The maximum atomic E-state index is 12.8. The minimum Gasteiger partial charge on any atom is -0.379 e. The number of carbonyl (C=O) groups excluding carboxylic acids is 2. The van der Waals surface area contributed by atoms with Crippen molar-refractivity contribution in [3.8, 4) is 0 Å². The number of anilines is 2. The van der Waals surface area contributed by atoms with E-state index in [2.05, 4.69) is 5.32 Å². The van der Waals surface area contributed by atoms with Crippen molar-refractivity contribution in [3.05, 3.63) is 75.3 Å². The SMILES string of the molecule is O=C1[C@H]2CC=CC[C@H]2C(=O)N1c1ccc(NCCc2ccccc2Cl)c([N+](=O)[O-])c1. The molecule has 1 fully saturated rings. The third kappa shape index (κ3) is 3.68. The first kappa shape index (κ1) is 20.1. The molecule has 8 heteroatoms. The van der Waals surface area contributed by atoms with Crippen LogP contribution in [0.5, 0.6) is 0 Å². The molecule has 2 aliphatic rings. The lowest BCUT2D eigenvalue weighted by Crippen LogP contribution is -2.30. The third-order valence-corrected chi connectivity index (χ3v) is 5.98. The van der Waals surface area contributed by atoms with Crippen LogP contribution in [-0.2, 0) is 16.0 Å². The van der Waals surface area contributed by atoms with Crippen molar-refractivity contribution in [2.75, 3.05) is 16.8 Å². The van der Waals surface area contributed by atoms with Crippen molar-refractivity contribution in [2.45, 2.75) is 19.3 Å². The van der Waals surface area contributed by atoms with Crippen LogP contribution in [0.1, 0.15) is 18.4 Å². The molecular weight excluding hydrogens is 406 g/mol. The van der Waals surface area contributed by atoms with Gasteiger partial charge in [-0.2, -0.15) is 0 Å². The molecule has 1 saturated heterocycles. The van der Waals surface area contributed by atoms with Crippen LogP contribution in [0.15, 0.2) is 54.6 Å². The summed E-state index contributed by atoms with van der Waals surface area (Å²) in [5.74, 6) is -1.34. The van der Waals surface area contributed by atoms with Gasteiger partial charge < -0.3 is 5.32 Å². The first-order valence-electron chi connectivity index (χ1n) is 9.76. The van der Waals surface area contributed by atoms with Crippen molar-refractivity contribution in [2.24, 2.45) is 11.8 Å². The number of amides is 2. The van der Waals surface area contributed by atoms with E-state index in [1.54, 1.807) is 18.2 Å². The van der Waals surface area contributed by atoms with Gasteiger partial charge in [-0.1, -0.05) is 42.0 Å². The lowest BCUT2D eigenvalue weighted by molar-refractivity contribution is -0.383. The fourth-order valence-corrected chi connectivity index (χ4v) is 4.28. The van der Waals surface area contributed by atoms with Gasteiger partial charge in [0.15, 0.2) is 0 Å². The summed E-state index contributed by atoms with van der Waals surface area (Å²) in [6, 6.07) is 11.8. The van der Waals surface area contributed by atoms with Gasteiger partial charge in [0.1, 0.15) is 5.69 Å². The van der Waals surface area contributed by atoms with E-state index in [9.17, 15) is 19.7 Å². The summed E-state index contributed by atoms with van der Waals surface area (Å²) < 4.78 is 0. The molecule has 0 saturated carbocycles. The highest BCUT2D eigenvalue weighted by Gasteiger charge is 2.48. The predicted molar refractivity (Wildman–Crippen MR) is 115 cm³/mol. The number of nitro benzene ring substituents is 1. The zero-order chi connectivity index (χ0) is 21.3. The first-order chi connectivity index (χ1) is 14.5. The minimum absolute atomic E-state index is 0.180. The Labute approximate surface area is 178 Å². The quantitative estimate of drug-likeness (QED) is 0.321. The Balaban J connectivity index is 1.54. The van der Waals surface area contributed by atoms with Crippen LogP contribution < -0.4 is 10.2 Å². The maximum Gasteiger partial charge on any atom is 0.294 e. The van der Waals surface area contributed by atoms with Crippen LogP contribution >= 0.6 is 11.6 Å². The highest BCUT2D eigenvalue weighted by molar-refractivity contribution is 6.31. The normalized spacial score (nSPS) is 20.4. The number of imide groups is 1. The highest BCUT2D eigenvalue weighted by Crippen LogP contribution is 2.39. The number of nitrogens with zero attached hydrogens (tertiary/aromatic N) is 2. The van der Waals surface area contributed by atoms with E-state index >= 15 is 0 Å². The van der Waals surface area contributed by atoms with E-state index < -0.39 is 4.92 Å². The molecule has 1 aliphatic carbocycles. The Bertz CT molecular complexity index is 1030. The molecule has 1 heterocycles. The van der Waals surface area contributed by atoms with Crippen LogP contribution in [0.4, 0.5) is 17.1 Å². The molecule has 30 heavy (non-hydrogen) atoms. The average molecular weight is 426 g/mol. The summed E-state index contributed by atoms with van der Waals surface area (Å²) in [6.07, 6.45) is 5.46. The average Bonchev–Trinajstić information content (AvgIpc) is 3.00. The number of nitro groups is 1. The predicted octanol–water partition coefficient (Wildman–Crippen LogP) is 4.36. The van der Waals surface area contributed by atoms with Gasteiger partial charge >= 0.3 is 0 Å². The molecule has 2 amide bonds. The molecule has 0 aromatic heterocycles. The molecule has 0 radical (unpaired) electrons. The summed E-state index contributed by atoms with van der Waals surface area (Å²) in [7, 11) is 0. The number of hydrogen-bond acceptors (Lipinski definition) is 5. The number of nitrogens with one attached hydrogen (secondary N) is 1. The molecule has 0 unspecified atom stereocenters. The second kappa shape index (κ2) is 8.28. The van der Waals surface area contributed by atoms with E-state index in [1.165, 1.54) is 6.07 Å². The Morgan fingerprint density at radius 1 is 1.07 bits per heavy atom. The molecule has 4 rings (SSSR count). The van der Waals surface area contributed by atoms with Gasteiger partial charge in [-0.25, -0.2) is 4.90 Å². The lowest BCUT2D eigenvalue weighted by Gasteiger charge is -2.16. The van der Waals surface area contributed by atoms with Crippen LogP contribution in [0.3, 0.4) is 0 Å². The van der Waals surface area contributed by atoms with E-state index in [1.807, 2.05) is 30.4 Å². The van der Waals surface area contributed by atoms with Crippen LogP contribution in [-0.4, -0.2) is 23.3 Å². The molecule has 1 N–H and O–H groups in total. The first-order valence-corrected chi connectivity index (χ1v) is 10.1. The second-order valence-corrected chi connectivity index (χ2v) is 7.80. The number of hydrogen-bond donors (Lipinski definition) is 1. The summed E-state index contributed by atoms with van der Waals surface area (Å²) in [6.45, 7) is 0.446. The van der Waals surface area contributed by atoms with Gasteiger partial charge in [0.2, 0.25) is 11.8 Å². The molecular formula is C22H20ClN3O4. The van der Waals surface area contributed by atoms with E-state index in [0.717, 1.165) is 10.5 Å². The summed E-state index contributed by atoms with van der Waals surface area (Å²) >= 11 is 6.15. The number of halogens is 1. The minimum atomic E-state index is -0.513. The van der Waals surface area contributed by atoms with Crippen LogP contribution in [0, 0.1) is 22.0 Å². The number of benzene rings is 2. The number of carbonyl (C=O) groups is 2. The monoisotopic (exact) mass is 425 g/mol. The van der Waals surface area contributed by atoms with Crippen molar-refractivity contribution >= 4 is 40.5 Å². The molecule has 0 spiro atoms. The van der Waals surface area contributed by atoms with Crippen molar-refractivity contribution in [1.82, 2.24) is 0 Å². The molecule has 2 aromatic rings. The summed E-state index contributed by atoms with van der Waals surface area (Å²) in [5.41, 5.74) is 1.33. The molecule has 2 aromatic carbocycles. The highest BCUT2D eigenvalue weighted by atomic mass is 35.5. The zero-order valence-corrected chi connectivity index (χ0v) is 16.8. The largest absolute Gasteiger partial charge is 0.379 e. The van der Waals surface area contributed by atoms with Crippen LogP contribution in [0.25, 0.3) is 0 Å². The molecule has 2 atom stereocenters. The van der Waals surface area contributed by atoms with Crippen molar-refractivity contribution in [3.63, 3.8) is 0 Å². The summed E-state index contributed by atoms with van der Waals surface area (Å²) in [5, 5.41) is 15.3. The lowest BCUT2D eigenvalue weighted by atomic mass is 9.85. The van der Waals surface area contributed by atoms with E-state index in [-0.39, 0.29) is 35.0 Å². The molecule has 1 aliphatic heterocycles. The summed E-state index contributed by atoms with van der Waals surface area (Å²) in [4.78, 5) is 37.7. The van der Waals surface area contributed by atoms with Gasteiger partial charge in [0, 0.05) is 17.6 Å². The smallest absolute Gasteiger partial charge is 0.294 e. The van der Waals surface area contributed by atoms with Crippen molar-refractivity contribution < 1.29 is 14.5 Å². The number of allylic oxidation sites excluding steroid dienone is 2. The van der Waals surface area contributed by atoms with Gasteiger partial charge in [-0.05, 0) is 43.0 Å². The molecule has 0 bridgehead atoms. The number of rotatable bonds is 6. The van der Waals surface area contributed by atoms with Gasteiger partial charge in [0.05, 0.1) is 22.4 Å². The van der Waals surface area contributed by atoms with Crippen LogP contribution in [0.2, 0.25) is 5.02 Å². The van der Waals surface area contributed by atoms with E-state index in [0.29, 0.717) is 36.5 Å². The number of fused-ring (bicyclic) bond motifs is 1. The Kier molecular flexibility index (Phi) is 5.55. The third-order valence-electron chi connectivity index (χ3n) is 5.61. The Morgan fingerprint density at radius 3 is 2.37 bits per heavy atom.